The highest BCUT2D eigenvalue weighted by Crippen LogP contribution is 2.16. The number of aromatic amines is 1. The summed E-state index contributed by atoms with van der Waals surface area (Å²) < 4.78 is 2.48. The van der Waals surface area contributed by atoms with Gasteiger partial charge in [-0.25, -0.2) is 19.4 Å². The molecule has 0 aliphatic carbocycles. The number of carbonyl (C=O) groups is 1. The van der Waals surface area contributed by atoms with E-state index in [0.29, 0.717) is 22.9 Å². The molecule has 0 saturated carbocycles. The summed E-state index contributed by atoms with van der Waals surface area (Å²) in [6.45, 7) is 3.24. The molecule has 2 N–H and O–H groups in total. The summed E-state index contributed by atoms with van der Waals surface area (Å²) in [6.07, 6.45) is 0. The van der Waals surface area contributed by atoms with Crippen molar-refractivity contribution in [3.8, 4) is 5.82 Å². The maximum atomic E-state index is 11.5. The Morgan fingerprint density at radius 1 is 1.30 bits per heavy atom. The number of hydrogen-bond acceptors (Lipinski definition) is 5. The van der Waals surface area contributed by atoms with Gasteiger partial charge >= 0.3 is 11.7 Å². The highest BCUT2D eigenvalue weighted by Gasteiger charge is 2.19. The topological polar surface area (TPSA) is 118 Å². The Balaban J connectivity index is 2.25. The summed E-state index contributed by atoms with van der Waals surface area (Å²) in [4.78, 5) is 22.7. The minimum atomic E-state index is -1.05. The maximum Gasteiger partial charge on any atom is 0.364 e. The van der Waals surface area contributed by atoms with Crippen LogP contribution in [0.2, 0.25) is 0 Å². The van der Waals surface area contributed by atoms with Crippen LogP contribution in [-0.2, 0) is 0 Å². The largest absolute Gasteiger partial charge is 0.478 e. The van der Waals surface area contributed by atoms with Gasteiger partial charge in [0.05, 0.1) is 11.4 Å². The fourth-order valence-corrected chi connectivity index (χ4v) is 2.08. The van der Waals surface area contributed by atoms with Crippen LogP contribution in [0.3, 0.4) is 0 Å². The zero-order valence-electron chi connectivity index (χ0n) is 10.7. The van der Waals surface area contributed by atoms with Crippen LogP contribution in [0, 0.1) is 13.8 Å². The fraction of sp³-hybridized carbons (Fsp3) is 0.182. The number of aromatic nitrogens is 6. The van der Waals surface area contributed by atoms with E-state index in [-0.39, 0.29) is 5.56 Å². The van der Waals surface area contributed by atoms with Gasteiger partial charge in [-0.3, -0.25) is 0 Å². The number of aryl methyl sites for hydroxylation is 1. The van der Waals surface area contributed by atoms with Crippen molar-refractivity contribution in [2.45, 2.75) is 13.8 Å². The highest BCUT2D eigenvalue weighted by atomic mass is 16.4. The summed E-state index contributed by atoms with van der Waals surface area (Å²) in [5.41, 5.74) is 0.863. The van der Waals surface area contributed by atoms with Crippen LogP contribution in [0.25, 0.3) is 11.5 Å². The summed E-state index contributed by atoms with van der Waals surface area (Å²) >= 11 is 0. The molecule has 3 aromatic heterocycles. The molecule has 0 saturated heterocycles. The number of nitrogens with one attached hydrogen (secondary N) is 1. The van der Waals surface area contributed by atoms with E-state index in [0.717, 1.165) is 4.52 Å². The van der Waals surface area contributed by atoms with E-state index < -0.39 is 11.7 Å². The van der Waals surface area contributed by atoms with Crippen LogP contribution in [0.15, 0.2) is 16.9 Å². The SMILES string of the molecule is Cc1nn(-c2ccc3n[nH]c(=O)n3n2)c(C)c1C(=O)O. The Hall–Kier alpha value is -2.97. The van der Waals surface area contributed by atoms with Crippen molar-refractivity contribution in [3.63, 3.8) is 0 Å². The monoisotopic (exact) mass is 274 g/mol. The van der Waals surface area contributed by atoms with Gasteiger partial charge in [-0.1, -0.05) is 0 Å². The van der Waals surface area contributed by atoms with Gasteiger partial charge in [-0.05, 0) is 26.0 Å². The van der Waals surface area contributed by atoms with E-state index in [9.17, 15) is 9.59 Å². The second-order valence-corrected chi connectivity index (χ2v) is 4.25. The van der Waals surface area contributed by atoms with Gasteiger partial charge in [0, 0.05) is 0 Å². The molecule has 0 unspecified atom stereocenters. The first-order chi connectivity index (χ1) is 9.49. The van der Waals surface area contributed by atoms with E-state index >= 15 is 0 Å². The lowest BCUT2D eigenvalue weighted by Crippen LogP contribution is -2.15. The minimum absolute atomic E-state index is 0.131. The van der Waals surface area contributed by atoms with Crippen molar-refractivity contribution in [3.05, 3.63) is 39.6 Å². The predicted molar refractivity (Wildman–Crippen MR) is 67.2 cm³/mol. The third kappa shape index (κ3) is 1.60. The Bertz CT molecular complexity index is 887. The van der Waals surface area contributed by atoms with Crippen molar-refractivity contribution in [1.29, 1.82) is 0 Å². The van der Waals surface area contributed by atoms with Crippen LogP contribution < -0.4 is 5.69 Å². The van der Waals surface area contributed by atoms with Crippen molar-refractivity contribution in [2.24, 2.45) is 0 Å². The average molecular weight is 274 g/mol. The fourth-order valence-electron chi connectivity index (χ4n) is 2.08. The second kappa shape index (κ2) is 4.02. The number of nitrogens with zero attached hydrogens (tertiary/aromatic N) is 5. The van der Waals surface area contributed by atoms with Gasteiger partial charge in [0.1, 0.15) is 5.56 Å². The number of hydrogen-bond donors (Lipinski definition) is 2. The Morgan fingerprint density at radius 2 is 2.05 bits per heavy atom. The van der Waals surface area contributed by atoms with Gasteiger partial charge in [0.15, 0.2) is 11.5 Å². The number of H-pyrrole nitrogens is 1. The molecule has 0 atom stereocenters. The summed E-state index contributed by atoms with van der Waals surface area (Å²) in [7, 11) is 0. The molecule has 102 valence electrons. The number of fused-ring (bicyclic) bond motifs is 1. The lowest BCUT2D eigenvalue weighted by molar-refractivity contribution is 0.0695. The first-order valence-electron chi connectivity index (χ1n) is 5.73. The third-order valence-corrected chi connectivity index (χ3v) is 2.98. The van der Waals surface area contributed by atoms with Crippen molar-refractivity contribution < 1.29 is 9.90 Å². The molecule has 0 aliphatic rings. The normalized spacial score (nSPS) is 11.1. The molecule has 0 spiro atoms. The highest BCUT2D eigenvalue weighted by molar-refractivity contribution is 5.90. The average Bonchev–Trinajstić information content (AvgIpc) is 2.90. The molecule has 0 amide bonds. The Morgan fingerprint density at radius 3 is 2.70 bits per heavy atom. The standard InChI is InChI=1S/C11H10N6O3/c1-5-9(10(18)19)6(2)16(14-5)8-4-3-7-12-13-11(20)17(7)15-8/h3-4H,1-2H3,(H,13,20)(H,18,19). The lowest BCUT2D eigenvalue weighted by Gasteiger charge is -2.03. The predicted octanol–water partition coefficient (Wildman–Crippen LogP) is -0.0817. The molecule has 0 bridgehead atoms. The quantitative estimate of drug-likeness (QED) is 0.674. The van der Waals surface area contributed by atoms with E-state index in [1.54, 1.807) is 26.0 Å². The number of rotatable bonds is 2. The van der Waals surface area contributed by atoms with E-state index in [4.69, 9.17) is 5.11 Å². The van der Waals surface area contributed by atoms with E-state index in [2.05, 4.69) is 20.4 Å². The maximum absolute atomic E-state index is 11.5. The van der Waals surface area contributed by atoms with Gasteiger partial charge < -0.3 is 5.11 Å². The van der Waals surface area contributed by atoms with Crippen LogP contribution in [0.4, 0.5) is 0 Å². The van der Waals surface area contributed by atoms with Crippen molar-refractivity contribution in [1.82, 2.24) is 29.6 Å². The van der Waals surface area contributed by atoms with Crippen molar-refractivity contribution in [2.75, 3.05) is 0 Å². The summed E-state index contributed by atoms with van der Waals surface area (Å²) in [6, 6.07) is 3.21. The first-order valence-corrected chi connectivity index (χ1v) is 5.73. The molecular formula is C11H10N6O3. The molecule has 0 fully saturated rings. The van der Waals surface area contributed by atoms with E-state index in [1.165, 1.54) is 4.68 Å². The molecule has 3 heterocycles. The molecule has 20 heavy (non-hydrogen) atoms. The Kier molecular flexibility index (Phi) is 2.43. The van der Waals surface area contributed by atoms with Gasteiger partial charge in [0.2, 0.25) is 0 Å². The molecule has 0 aliphatic heterocycles. The van der Waals surface area contributed by atoms with E-state index in [1.807, 2.05) is 0 Å². The molecular weight excluding hydrogens is 264 g/mol. The zero-order chi connectivity index (χ0) is 14.4. The van der Waals surface area contributed by atoms with Gasteiger partial charge in [0.25, 0.3) is 0 Å². The Labute approximate surface area is 111 Å². The molecule has 3 aromatic rings. The molecule has 0 radical (unpaired) electrons. The van der Waals surface area contributed by atoms with Crippen LogP contribution in [-0.4, -0.2) is 40.7 Å². The molecule has 9 nitrogen and oxygen atoms in total. The number of carboxylic acids is 1. The summed E-state index contributed by atoms with van der Waals surface area (Å²) in [5.74, 6) is -0.707. The van der Waals surface area contributed by atoms with Crippen LogP contribution >= 0.6 is 0 Å². The third-order valence-electron chi connectivity index (χ3n) is 2.98. The minimum Gasteiger partial charge on any atom is -0.478 e. The zero-order valence-corrected chi connectivity index (χ0v) is 10.7. The van der Waals surface area contributed by atoms with Gasteiger partial charge in [-0.2, -0.15) is 14.7 Å². The lowest BCUT2D eigenvalue weighted by atomic mass is 10.2. The van der Waals surface area contributed by atoms with Crippen LogP contribution in [0.5, 0.6) is 0 Å². The molecule has 9 heteroatoms. The molecule has 3 rings (SSSR count). The van der Waals surface area contributed by atoms with Gasteiger partial charge in [-0.15, -0.1) is 5.10 Å². The summed E-state index contributed by atoms with van der Waals surface area (Å²) in [5, 5.41) is 23.4. The smallest absolute Gasteiger partial charge is 0.364 e. The number of carboxylic acid groups (broad SMARTS) is 1. The van der Waals surface area contributed by atoms with Crippen molar-refractivity contribution >= 4 is 11.6 Å². The number of aromatic carboxylic acids is 1. The second-order valence-electron chi connectivity index (χ2n) is 4.25. The molecule has 0 aromatic carbocycles. The van der Waals surface area contributed by atoms with Crippen LogP contribution in [0.1, 0.15) is 21.7 Å². The first kappa shape index (κ1) is 12.1.